The molecular formula is C32H22N4O2. The summed E-state index contributed by atoms with van der Waals surface area (Å²) in [5.74, 6) is 4.39. The fourth-order valence-corrected chi connectivity index (χ4v) is 4.47. The topological polar surface area (TPSA) is 75.8 Å². The van der Waals surface area contributed by atoms with E-state index in [1.807, 2.05) is 121 Å². The maximum Gasteiger partial charge on any atom is 0.138 e. The third-order valence-corrected chi connectivity index (χ3v) is 6.27. The molecule has 7 rings (SSSR count). The molecule has 0 bridgehead atoms. The molecule has 0 radical (unpaired) electrons. The number of rotatable bonds is 6. The van der Waals surface area contributed by atoms with Crippen molar-refractivity contribution in [2.75, 3.05) is 0 Å². The van der Waals surface area contributed by atoms with Gasteiger partial charge in [-0.05, 0) is 60.7 Å². The van der Waals surface area contributed by atoms with Crippen LogP contribution in [0.15, 0.2) is 121 Å². The van der Waals surface area contributed by atoms with Gasteiger partial charge in [0.1, 0.15) is 34.6 Å². The van der Waals surface area contributed by atoms with Crippen LogP contribution in [0.25, 0.3) is 44.8 Å². The van der Waals surface area contributed by atoms with Crippen LogP contribution in [-0.2, 0) is 0 Å². The average Bonchev–Trinajstić information content (AvgIpc) is 3.58. The third-order valence-electron chi connectivity index (χ3n) is 6.27. The summed E-state index contributed by atoms with van der Waals surface area (Å²) >= 11 is 0. The molecule has 2 heterocycles. The molecule has 0 amide bonds. The number of benzene rings is 5. The predicted molar refractivity (Wildman–Crippen MR) is 150 cm³/mol. The van der Waals surface area contributed by atoms with Gasteiger partial charge in [0.05, 0.1) is 22.1 Å². The van der Waals surface area contributed by atoms with Gasteiger partial charge in [0.2, 0.25) is 0 Å². The Hall–Kier alpha value is -5.36. The molecule has 0 spiro atoms. The smallest absolute Gasteiger partial charge is 0.138 e. The highest BCUT2D eigenvalue weighted by molar-refractivity contribution is 5.80. The number of para-hydroxylation sites is 4. The molecule has 0 aliphatic heterocycles. The van der Waals surface area contributed by atoms with E-state index in [0.717, 1.165) is 44.8 Å². The molecule has 0 atom stereocenters. The van der Waals surface area contributed by atoms with Crippen LogP contribution in [0.5, 0.6) is 23.0 Å². The lowest BCUT2D eigenvalue weighted by molar-refractivity contribution is 0.460. The predicted octanol–water partition coefficient (Wildman–Crippen LogP) is 8.36. The minimum absolute atomic E-state index is 0.678. The fraction of sp³-hybridized carbons (Fsp3) is 0. The number of nitrogens with one attached hydrogen (secondary N) is 2. The molecular weight excluding hydrogens is 472 g/mol. The Morgan fingerprint density at radius 1 is 0.421 bits per heavy atom. The first-order chi connectivity index (χ1) is 18.8. The zero-order chi connectivity index (χ0) is 25.3. The zero-order valence-corrected chi connectivity index (χ0v) is 20.3. The summed E-state index contributed by atoms with van der Waals surface area (Å²) in [6.45, 7) is 0. The lowest BCUT2D eigenvalue weighted by atomic mass is 10.2. The van der Waals surface area contributed by atoms with E-state index in [1.165, 1.54) is 0 Å². The minimum atomic E-state index is 0.678. The van der Waals surface area contributed by atoms with Gasteiger partial charge >= 0.3 is 0 Å². The second-order valence-corrected chi connectivity index (χ2v) is 8.94. The maximum absolute atomic E-state index is 6.18. The summed E-state index contributed by atoms with van der Waals surface area (Å²) in [6, 6.07) is 39.3. The van der Waals surface area contributed by atoms with E-state index in [4.69, 9.17) is 19.4 Å². The Labute approximate surface area is 218 Å². The van der Waals surface area contributed by atoms with E-state index in [9.17, 15) is 0 Å². The van der Waals surface area contributed by atoms with E-state index in [1.54, 1.807) is 0 Å². The van der Waals surface area contributed by atoms with E-state index in [-0.39, 0.29) is 0 Å². The molecule has 0 fully saturated rings. The van der Waals surface area contributed by atoms with Gasteiger partial charge in [-0.3, -0.25) is 0 Å². The molecule has 0 saturated heterocycles. The maximum atomic E-state index is 6.18. The quantitative estimate of drug-likeness (QED) is 0.244. The Kier molecular flexibility index (Phi) is 5.33. The van der Waals surface area contributed by atoms with E-state index < -0.39 is 0 Å². The van der Waals surface area contributed by atoms with Crippen molar-refractivity contribution in [1.29, 1.82) is 0 Å². The van der Waals surface area contributed by atoms with Gasteiger partial charge in [-0.15, -0.1) is 0 Å². The highest BCUT2D eigenvalue weighted by Gasteiger charge is 2.09. The van der Waals surface area contributed by atoms with Gasteiger partial charge in [0.15, 0.2) is 0 Å². The minimum Gasteiger partial charge on any atom is -0.457 e. The summed E-state index contributed by atoms with van der Waals surface area (Å²) in [4.78, 5) is 16.1. The average molecular weight is 495 g/mol. The van der Waals surface area contributed by atoms with Gasteiger partial charge in [0, 0.05) is 17.2 Å². The molecule has 2 aromatic heterocycles. The highest BCUT2D eigenvalue weighted by Crippen LogP contribution is 2.32. The number of hydrogen-bond acceptors (Lipinski definition) is 4. The fourth-order valence-electron chi connectivity index (χ4n) is 4.47. The summed E-state index contributed by atoms with van der Waals surface area (Å²) in [7, 11) is 0. The number of nitrogens with zero attached hydrogens (tertiary/aromatic N) is 2. The van der Waals surface area contributed by atoms with Crippen molar-refractivity contribution in [1.82, 2.24) is 19.9 Å². The number of H-pyrrole nitrogens is 2. The molecule has 0 unspecified atom stereocenters. The lowest BCUT2D eigenvalue weighted by Gasteiger charge is -2.10. The van der Waals surface area contributed by atoms with E-state index in [2.05, 4.69) is 9.97 Å². The highest BCUT2D eigenvalue weighted by atomic mass is 16.5. The van der Waals surface area contributed by atoms with E-state index >= 15 is 0 Å². The molecule has 182 valence electrons. The van der Waals surface area contributed by atoms with Crippen LogP contribution < -0.4 is 9.47 Å². The van der Waals surface area contributed by atoms with Gasteiger partial charge in [-0.25, -0.2) is 9.97 Å². The third kappa shape index (κ3) is 4.35. The van der Waals surface area contributed by atoms with Crippen molar-refractivity contribution in [2.45, 2.75) is 0 Å². The first-order valence-electron chi connectivity index (χ1n) is 12.3. The first-order valence-corrected chi connectivity index (χ1v) is 12.3. The summed E-state index contributed by atoms with van der Waals surface area (Å²) in [5, 5.41) is 0. The van der Waals surface area contributed by atoms with Crippen molar-refractivity contribution in [2.24, 2.45) is 0 Å². The molecule has 38 heavy (non-hydrogen) atoms. The van der Waals surface area contributed by atoms with Crippen LogP contribution >= 0.6 is 0 Å². The molecule has 6 nitrogen and oxygen atoms in total. The second-order valence-electron chi connectivity index (χ2n) is 8.94. The second kappa shape index (κ2) is 9.26. The Morgan fingerprint density at radius 3 is 1.32 bits per heavy atom. The van der Waals surface area contributed by atoms with Crippen molar-refractivity contribution in [3.8, 4) is 45.8 Å². The Morgan fingerprint density at radius 2 is 0.842 bits per heavy atom. The molecule has 2 N–H and O–H groups in total. The Bertz CT molecular complexity index is 1700. The number of fused-ring (bicyclic) bond motifs is 2. The molecule has 6 heteroatoms. The largest absolute Gasteiger partial charge is 0.457 e. The van der Waals surface area contributed by atoms with Crippen LogP contribution in [0.4, 0.5) is 0 Å². The number of imidazole rings is 2. The number of hydrogen-bond donors (Lipinski definition) is 2. The lowest BCUT2D eigenvalue weighted by Crippen LogP contribution is -1.89. The summed E-state index contributed by atoms with van der Waals surface area (Å²) < 4.78 is 12.4. The van der Waals surface area contributed by atoms with Crippen molar-refractivity contribution in [3.63, 3.8) is 0 Å². The van der Waals surface area contributed by atoms with Crippen molar-refractivity contribution < 1.29 is 9.47 Å². The van der Waals surface area contributed by atoms with Crippen LogP contribution in [0.1, 0.15) is 0 Å². The normalized spacial score (nSPS) is 11.2. The standard InChI is InChI=1S/C32H22N4O2/c1-2-15-28-27(14-1)33-31(34-28)21-8-5-10-23(18-21)37-25-12-7-13-26(20-25)38-24-11-6-9-22(19-24)32-35-29-16-3-4-17-30(29)36-32/h1-20H,(H,33,34)(H,35,36). The van der Waals surface area contributed by atoms with Crippen LogP contribution in [0.2, 0.25) is 0 Å². The molecule has 0 aliphatic rings. The van der Waals surface area contributed by atoms with Crippen LogP contribution in [0, 0.1) is 0 Å². The first kappa shape index (κ1) is 21.9. The SMILES string of the molecule is c1cc(Oc2cccc(-c3nc4ccccc4[nH]3)c2)cc(Oc2cccc(-c3nc4ccccc4[nH]3)c2)c1. The zero-order valence-electron chi connectivity index (χ0n) is 20.3. The number of ether oxygens (including phenoxy) is 2. The summed E-state index contributed by atoms with van der Waals surface area (Å²) in [6.07, 6.45) is 0. The molecule has 7 aromatic rings. The van der Waals surface area contributed by atoms with E-state index in [0.29, 0.717) is 23.0 Å². The van der Waals surface area contributed by atoms with Gasteiger partial charge in [-0.2, -0.15) is 0 Å². The van der Waals surface area contributed by atoms with Crippen LogP contribution in [-0.4, -0.2) is 19.9 Å². The van der Waals surface area contributed by atoms with Crippen molar-refractivity contribution in [3.05, 3.63) is 121 Å². The summed E-state index contributed by atoms with van der Waals surface area (Å²) in [5.41, 5.74) is 5.78. The Balaban J connectivity index is 1.11. The van der Waals surface area contributed by atoms with Gasteiger partial charge < -0.3 is 19.4 Å². The molecule has 0 saturated carbocycles. The van der Waals surface area contributed by atoms with Gasteiger partial charge in [-0.1, -0.05) is 54.6 Å². The monoisotopic (exact) mass is 494 g/mol. The van der Waals surface area contributed by atoms with Crippen molar-refractivity contribution >= 4 is 22.1 Å². The molecule has 5 aromatic carbocycles. The number of aromatic amines is 2. The number of aromatic nitrogens is 4. The van der Waals surface area contributed by atoms with Crippen LogP contribution in [0.3, 0.4) is 0 Å². The molecule has 0 aliphatic carbocycles. The van der Waals surface area contributed by atoms with Gasteiger partial charge in [0.25, 0.3) is 0 Å².